The van der Waals surface area contributed by atoms with Crippen molar-refractivity contribution in [3.05, 3.63) is 54.1 Å². The molecular weight excluding hydrogens is 350 g/mol. The van der Waals surface area contributed by atoms with Crippen molar-refractivity contribution >= 4 is 5.71 Å². The summed E-state index contributed by atoms with van der Waals surface area (Å²) in [6.45, 7) is 5.32. The van der Waals surface area contributed by atoms with Gasteiger partial charge in [-0.15, -0.1) is 0 Å². The Kier molecular flexibility index (Phi) is 5.32. The fourth-order valence-electron chi connectivity index (χ4n) is 4.25. The van der Waals surface area contributed by atoms with Crippen molar-refractivity contribution in [3.63, 3.8) is 0 Å². The molecule has 140 valence electrons. The molecule has 28 heavy (non-hydrogen) atoms. The van der Waals surface area contributed by atoms with Gasteiger partial charge in [0.05, 0.1) is 23.9 Å². The zero-order valence-corrected chi connectivity index (χ0v) is 15.7. The Morgan fingerprint density at radius 2 is 1.96 bits per heavy atom. The SMILES string of the molecule is C=CCOc1ccc([C@H]2[C@@H]3CN(C)CC=C3C(C#N)C(=N)C2(C#N)C#N)cc1. The van der Waals surface area contributed by atoms with Crippen LogP contribution in [-0.2, 0) is 0 Å². The smallest absolute Gasteiger partial charge is 0.189 e. The van der Waals surface area contributed by atoms with E-state index in [1.807, 2.05) is 25.3 Å². The van der Waals surface area contributed by atoms with E-state index in [-0.39, 0.29) is 11.6 Å². The number of likely N-dealkylation sites (N-methyl/N-ethyl adjacent to an activating group) is 1. The molecular formula is C22H21N5O. The number of nitrogens with one attached hydrogen (secondary N) is 1. The highest BCUT2D eigenvalue weighted by atomic mass is 16.5. The first kappa shape index (κ1) is 19.4. The van der Waals surface area contributed by atoms with Crippen LogP contribution in [0.3, 0.4) is 0 Å². The van der Waals surface area contributed by atoms with Gasteiger partial charge in [0.2, 0.25) is 0 Å². The van der Waals surface area contributed by atoms with Crippen molar-refractivity contribution in [3.8, 4) is 24.0 Å². The highest BCUT2D eigenvalue weighted by Crippen LogP contribution is 2.53. The van der Waals surface area contributed by atoms with Gasteiger partial charge in [0.15, 0.2) is 5.41 Å². The third-order valence-corrected chi connectivity index (χ3v) is 5.58. The van der Waals surface area contributed by atoms with E-state index >= 15 is 0 Å². The van der Waals surface area contributed by atoms with E-state index in [1.165, 1.54) is 0 Å². The first-order valence-electron chi connectivity index (χ1n) is 9.05. The molecule has 6 nitrogen and oxygen atoms in total. The molecule has 1 aromatic rings. The lowest BCUT2D eigenvalue weighted by Gasteiger charge is -2.47. The second-order valence-electron chi connectivity index (χ2n) is 7.19. The lowest BCUT2D eigenvalue weighted by atomic mass is 9.54. The van der Waals surface area contributed by atoms with Gasteiger partial charge >= 0.3 is 0 Å². The van der Waals surface area contributed by atoms with Crippen molar-refractivity contribution < 1.29 is 4.74 Å². The molecule has 0 aromatic heterocycles. The molecule has 6 heteroatoms. The van der Waals surface area contributed by atoms with Crippen molar-refractivity contribution in [2.75, 3.05) is 26.7 Å². The second-order valence-corrected chi connectivity index (χ2v) is 7.19. The molecule has 2 aliphatic rings. The maximum atomic E-state index is 9.99. The van der Waals surface area contributed by atoms with Crippen LogP contribution >= 0.6 is 0 Å². The molecule has 1 unspecified atom stereocenters. The van der Waals surface area contributed by atoms with Gasteiger partial charge in [0, 0.05) is 24.9 Å². The van der Waals surface area contributed by atoms with E-state index in [9.17, 15) is 15.8 Å². The van der Waals surface area contributed by atoms with Crippen molar-refractivity contribution in [1.82, 2.24) is 4.90 Å². The molecule has 0 amide bonds. The van der Waals surface area contributed by atoms with Crippen LogP contribution in [0, 0.1) is 56.7 Å². The summed E-state index contributed by atoms with van der Waals surface area (Å²) in [7, 11) is 1.97. The Labute approximate surface area is 165 Å². The maximum Gasteiger partial charge on any atom is 0.189 e. The first-order valence-corrected chi connectivity index (χ1v) is 9.05. The molecule has 1 N–H and O–H groups in total. The van der Waals surface area contributed by atoms with Crippen LogP contribution in [0.15, 0.2) is 48.6 Å². The maximum absolute atomic E-state index is 9.99. The number of rotatable bonds is 4. The average Bonchev–Trinajstić information content (AvgIpc) is 2.72. The first-order chi connectivity index (χ1) is 13.5. The predicted octanol–water partition coefficient (Wildman–Crippen LogP) is 3.03. The third kappa shape index (κ3) is 2.97. The largest absolute Gasteiger partial charge is 0.490 e. The molecule has 3 atom stereocenters. The fraction of sp³-hybridized carbons (Fsp3) is 0.364. The number of benzene rings is 1. The zero-order valence-electron chi connectivity index (χ0n) is 15.7. The van der Waals surface area contributed by atoms with E-state index in [0.717, 1.165) is 11.1 Å². The summed E-state index contributed by atoms with van der Waals surface area (Å²) >= 11 is 0. The second kappa shape index (κ2) is 7.69. The van der Waals surface area contributed by atoms with Gasteiger partial charge in [0.25, 0.3) is 0 Å². The van der Waals surface area contributed by atoms with Crippen molar-refractivity contribution in [2.24, 2.45) is 17.3 Å². The van der Waals surface area contributed by atoms with Crippen LogP contribution in [0.4, 0.5) is 0 Å². The number of nitrogens with zero attached hydrogens (tertiary/aromatic N) is 4. The minimum absolute atomic E-state index is 0.121. The highest BCUT2D eigenvalue weighted by Gasteiger charge is 2.57. The third-order valence-electron chi connectivity index (χ3n) is 5.58. The van der Waals surface area contributed by atoms with Gasteiger partial charge in [0.1, 0.15) is 18.3 Å². The number of ether oxygens (including phenoxy) is 1. The molecule has 1 fully saturated rings. The molecule has 0 radical (unpaired) electrons. The molecule has 0 saturated heterocycles. The van der Waals surface area contributed by atoms with Crippen LogP contribution in [0.5, 0.6) is 5.75 Å². The molecule has 1 heterocycles. The Hall–Kier alpha value is -3.40. The lowest BCUT2D eigenvalue weighted by molar-refractivity contribution is 0.235. The molecule has 3 rings (SSSR count). The monoisotopic (exact) mass is 371 g/mol. The summed E-state index contributed by atoms with van der Waals surface area (Å²) in [5.41, 5.74) is -0.154. The summed E-state index contributed by atoms with van der Waals surface area (Å²) in [5, 5.41) is 38.2. The van der Waals surface area contributed by atoms with Gasteiger partial charge in [-0.25, -0.2) is 0 Å². The van der Waals surface area contributed by atoms with E-state index in [0.29, 0.717) is 25.4 Å². The Balaban J connectivity index is 2.13. The molecule has 1 saturated carbocycles. The molecule has 0 bridgehead atoms. The van der Waals surface area contributed by atoms with Crippen LogP contribution in [0.25, 0.3) is 0 Å². The average molecular weight is 371 g/mol. The van der Waals surface area contributed by atoms with Crippen LogP contribution in [0.2, 0.25) is 0 Å². The van der Waals surface area contributed by atoms with Gasteiger partial charge in [-0.3, -0.25) is 0 Å². The summed E-state index contributed by atoms with van der Waals surface area (Å²) in [5.74, 6) is -0.872. The summed E-state index contributed by atoms with van der Waals surface area (Å²) in [4.78, 5) is 2.10. The highest BCUT2D eigenvalue weighted by molar-refractivity contribution is 6.00. The normalized spacial score (nSPS) is 26.0. The van der Waals surface area contributed by atoms with Crippen molar-refractivity contribution in [2.45, 2.75) is 5.92 Å². The number of hydrogen-bond acceptors (Lipinski definition) is 6. The van der Waals surface area contributed by atoms with E-state index in [4.69, 9.17) is 10.1 Å². The van der Waals surface area contributed by atoms with E-state index < -0.39 is 17.3 Å². The van der Waals surface area contributed by atoms with Crippen LogP contribution in [-0.4, -0.2) is 37.4 Å². The molecule has 1 aliphatic heterocycles. The minimum Gasteiger partial charge on any atom is -0.490 e. The van der Waals surface area contributed by atoms with Gasteiger partial charge in [-0.05, 0) is 30.3 Å². The lowest BCUT2D eigenvalue weighted by Crippen LogP contribution is -2.52. The minimum atomic E-state index is -1.68. The number of nitriles is 3. The Morgan fingerprint density at radius 3 is 2.54 bits per heavy atom. The standard InChI is InChI=1S/C22H21N5O/c1-3-10-28-16-6-4-15(5-7-16)20-19-12-27(2)9-8-17(19)18(11-23)21(26)22(20,13-24)14-25/h3-8,18-20,26H,1,9-10,12H2,2H3/t18?,19-,20+/m1/s1. The molecule has 1 aromatic carbocycles. The quantitative estimate of drug-likeness (QED) is 0.819. The molecule has 1 aliphatic carbocycles. The van der Waals surface area contributed by atoms with E-state index in [2.05, 4.69) is 29.7 Å². The topological polar surface area (TPSA) is 108 Å². The summed E-state index contributed by atoms with van der Waals surface area (Å²) in [6.07, 6.45) is 3.63. The zero-order chi connectivity index (χ0) is 20.3. The molecule has 0 spiro atoms. The van der Waals surface area contributed by atoms with E-state index in [1.54, 1.807) is 18.2 Å². The fourth-order valence-corrected chi connectivity index (χ4v) is 4.25. The summed E-state index contributed by atoms with van der Waals surface area (Å²) in [6, 6.07) is 13.6. The van der Waals surface area contributed by atoms with Crippen LogP contribution < -0.4 is 4.74 Å². The Bertz CT molecular complexity index is 927. The Morgan fingerprint density at radius 1 is 1.29 bits per heavy atom. The van der Waals surface area contributed by atoms with Crippen LogP contribution in [0.1, 0.15) is 11.5 Å². The van der Waals surface area contributed by atoms with Gasteiger partial charge in [-0.1, -0.05) is 30.9 Å². The number of hydrogen-bond donors (Lipinski definition) is 1. The van der Waals surface area contributed by atoms with Gasteiger partial charge < -0.3 is 15.0 Å². The predicted molar refractivity (Wildman–Crippen MR) is 104 cm³/mol. The van der Waals surface area contributed by atoms with Crippen molar-refractivity contribution in [1.29, 1.82) is 21.2 Å². The number of fused-ring (bicyclic) bond motifs is 1. The summed E-state index contributed by atoms with van der Waals surface area (Å²) < 4.78 is 5.53. The van der Waals surface area contributed by atoms with Gasteiger partial charge in [-0.2, -0.15) is 15.8 Å².